The Morgan fingerprint density at radius 3 is 2.26 bits per heavy atom. The standard InChI is InChI=1S/C26H34N4O/c31-26(29-24-19-12-17-11-18(14-19)15-20(24)13-17)23-16-27-30(22-9-5-2-6-10-22)25(23)28-21-7-3-1-4-8-21/h2,5-6,9-10,16-21,24,28H,1,3-4,7-8,11-15H2,(H,29,31). The van der Waals surface area contributed by atoms with Crippen molar-refractivity contribution in [2.24, 2.45) is 23.7 Å². The molecule has 1 aromatic heterocycles. The summed E-state index contributed by atoms with van der Waals surface area (Å²) in [6.45, 7) is 0. The molecule has 5 saturated carbocycles. The van der Waals surface area contributed by atoms with Crippen molar-refractivity contribution in [2.75, 3.05) is 5.32 Å². The molecule has 0 aliphatic heterocycles. The third-order valence-corrected chi connectivity index (χ3v) is 8.49. The zero-order chi connectivity index (χ0) is 20.8. The molecule has 5 heteroatoms. The number of nitrogens with one attached hydrogen (secondary N) is 2. The molecular formula is C26H34N4O. The van der Waals surface area contributed by atoms with Crippen molar-refractivity contribution in [2.45, 2.75) is 76.3 Å². The van der Waals surface area contributed by atoms with Gasteiger partial charge in [0.25, 0.3) is 5.91 Å². The Labute approximate surface area is 185 Å². The van der Waals surface area contributed by atoms with E-state index in [0.717, 1.165) is 36.2 Å². The maximum atomic E-state index is 13.5. The highest BCUT2D eigenvalue weighted by Crippen LogP contribution is 2.53. The number of amides is 1. The monoisotopic (exact) mass is 418 g/mol. The summed E-state index contributed by atoms with van der Waals surface area (Å²) in [4.78, 5) is 13.5. The number of carbonyl (C=O) groups is 1. The summed E-state index contributed by atoms with van der Waals surface area (Å²) >= 11 is 0. The fraction of sp³-hybridized carbons (Fsp3) is 0.615. The van der Waals surface area contributed by atoms with Gasteiger partial charge in [0.05, 0.1) is 11.9 Å². The smallest absolute Gasteiger partial charge is 0.256 e. The molecule has 1 heterocycles. The first-order chi connectivity index (χ1) is 15.2. The summed E-state index contributed by atoms with van der Waals surface area (Å²) in [5.74, 6) is 4.11. The van der Waals surface area contributed by atoms with Gasteiger partial charge >= 0.3 is 0 Å². The van der Waals surface area contributed by atoms with Gasteiger partial charge in [-0.2, -0.15) is 5.10 Å². The molecule has 5 aliphatic rings. The van der Waals surface area contributed by atoms with Crippen molar-refractivity contribution in [3.63, 3.8) is 0 Å². The number of aromatic nitrogens is 2. The van der Waals surface area contributed by atoms with Crippen molar-refractivity contribution in [3.8, 4) is 5.69 Å². The van der Waals surface area contributed by atoms with Crippen LogP contribution >= 0.6 is 0 Å². The van der Waals surface area contributed by atoms with Crippen LogP contribution < -0.4 is 10.6 Å². The van der Waals surface area contributed by atoms with E-state index in [0.29, 0.717) is 29.5 Å². The van der Waals surface area contributed by atoms with Gasteiger partial charge in [-0.3, -0.25) is 4.79 Å². The second-order valence-electron chi connectivity index (χ2n) is 10.6. The van der Waals surface area contributed by atoms with E-state index in [1.54, 1.807) is 6.20 Å². The van der Waals surface area contributed by atoms with Crippen LogP contribution in [0.1, 0.15) is 74.6 Å². The number of rotatable bonds is 5. The zero-order valence-corrected chi connectivity index (χ0v) is 18.3. The van der Waals surface area contributed by atoms with E-state index >= 15 is 0 Å². The Morgan fingerprint density at radius 1 is 0.903 bits per heavy atom. The minimum Gasteiger partial charge on any atom is -0.367 e. The van der Waals surface area contributed by atoms with Crippen LogP contribution in [-0.2, 0) is 0 Å². The lowest BCUT2D eigenvalue weighted by Crippen LogP contribution is -2.55. The van der Waals surface area contributed by atoms with E-state index in [1.807, 2.05) is 22.9 Å². The van der Waals surface area contributed by atoms with Gasteiger partial charge in [0.1, 0.15) is 11.4 Å². The summed E-state index contributed by atoms with van der Waals surface area (Å²) in [7, 11) is 0. The maximum Gasteiger partial charge on any atom is 0.256 e. The third-order valence-electron chi connectivity index (χ3n) is 8.49. The molecule has 5 nitrogen and oxygen atoms in total. The number of hydrogen-bond acceptors (Lipinski definition) is 3. The molecule has 7 rings (SSSR count). The number of anilines is 1. The predicted octanol–water partition coefficient (Wildman–Crippen LogP) is 5.17. The highest BCUT2D eigenvalue weighted by molar-refractivity contribution is 5.99. The van der Waals surface area contributed by atoms with Crippen LogP contribution in [0, 0.1) is 23.7 Å². The lowest BCUT2D eigenvalue weighted by atomic mass is 9.54. The van der Waals surface area contributed by atoms with E-state index in [-0.39, 0.29) is 5.91 Å². The minimum atomic E-state index is 0.0537. The number of nitrogens with zero attached hydrogens (tertiary/aromatic N) is 2. The average Bonchev–Trinajstić information content (AvgIpc) is 3.20. The fourth-order valence-electron chi connectivity index (χ4n) is 7.25. The lowest BCUT2D eigenvalue weighted by Gasteiger charge is -2.54. The molecular weight excluding hydrogens is 384 g/mol. The van der Waals surface area contributed by atoms with E-state index < -0.39 is 0 Å². The molecule has 2 aromatic rings. The van der Waals surface area contributed by atoms with Crippen LogP contribution in [0.3, 0.4) is 0 Å². The summed E-state index contributed by atoms with van der Waals surface area (Å²) in [6, 6.07) is 10.9. The first kappa shape index (κ1) is 19.4. The third kappa shape index (κ3) is 3.66. The molecule has 5 aliphatic carbocycles. The molecule has 4 bridgehead atoms. The number of para-hydroxylation sites is 1. The van der Waals surface area contributed by atoms with Gasteiger partial charge < -0.3 is 10.6 Å². The summed E-state index contributed by atoms with van der Waals surface area (Å²) < 4.78 is 1.92. The second-order valence-corrected chi connectivity index (χ2v) is 10.6. The van der Waals surface area contributed by atoms with Crippen LogP contribution in [0.5, 0.6) is 0 Å². The minimum absolute atomic E-state index is 0.0537. The Hall–Kier alpha value is -2.30. The molecule has 0 spiro atoms. The highest BCUT2D eigenvalue weighted by atomic mass is 16.1. The van der Waals surface area contributed by atoms with Gasteiger partial charge in [-0.1, -0.05) is 37.5 Å². The Morgan fingerprint density at radius 2 is 1.58 bits per heavy atom. The molecule has 0 radical (unpaired) electrons. The molecule has 0 atom stereocenters. The highest BCUT2D eigenvalue weighted by Gasteiger charge is 2.48. The van der Waals surface area contributed by atoms with Crippen molar-refractivity contribution in [3.05, 3.63) is 42.1 Å². The first-order valence-corrected chi connectivity index (χ1v) is 12.5. The molecule has 0 unspecified atom stereocenters. The van der Waals surface area contributed by atoms with Gasteiger partial charge in [-0.05, 0) is 80.8 Å². The summed E-state index contributed by atoms with van der Waals surface area (Å²) in [6.07, 6.45) is 14.6. The lowest BCUT2D eigenvalue weighted by molar-refractivity contribution is -0.0119. The maximum absolute atomic E-state index is 13.5. The quantitative estimate of drug-likeness (QED) is 0.704. The van der Waals surface area contributed by atoms with Crippen molar-refractivity contribution in [1.82, 2.24) is 15.1 Å². The van der Waals surface area contributed by atoms with Gasteiger partial charge in [-0.25, -0.2) is 4.68 Å². The van der Waals surface area contributed by atoms with Crippen molar-refractivity contribution >= 4 is 11.7 Å². The van der Waals surface area contributed by atoms with Gasteiger partial charge in [-0.15, -0.1) is 0 Å². The molecule has 31 heavy (non-hydrogen) atoms. The van der Waals surface area contributed by atoms with Crippen LogP contribution in [0.4, 0.5) is 5.82 Å². The van der Waals surface area contributed by atoms with Crippen LogP contribution in [-0.4, -0.2) is 27.8 Å². The second kappa shape index (κ2) is 7.99. The van der Waals surface area contributed by atoms with E-state index in [9.17, 15) is 4.79 Å². The Balaban J connectivity index is 1.27. The Bertz CT molecular complexity index is 902. The summed E-state index contributed by atoms with van der Waals surface area (Å²) in [5, 5.41) is 11.9. The topological polar surface area (TPSA) is 59.0 Å². The van der Waals surface area contributed by atoms with Crippen LogP contribution in [0.2, 0.25) is 0 Å². The number of hydrogen-bond donors (Lipinski definition) is 2. The fourth-order valence-corrected chi connectivity index (χ4v) is 7.25. The molecule has 1 aromatic carbocycles. The summed E-state index contributed by atoms with van der Waals surface area (Å²) in [5.41, 5.74) is 1.69. The number of benzene rings is 1. The zero-order valence-electron chi connectivity index (χ0n) is 18.3. The van der Waals surface area contributed by atoms with E-state index in [1.165, 1.54) is 51.4 Å². The normalized spacial score (nSPS) is 32.2. The Kier molecular flexibility index (Phi) is 5.00. The first-order valence-electron chi connectivity index (χ1n) is 12.5. The predicted molar refractivity (Wildman–Crippen MR) is 122 cm³/mol. The van der Waals surface area contributed by atoms with E-state index in [2.05, 4.69) is 27.9 Å². The van der Waals surface area contributed by atoms with Crippen LogP contribution in [0.15, 0.2) is 36.5 Å². The van der Waals surface area contributed by atoms with E-state index in [4.69, 9.17) is 0 Å². The van der Waals surface area contributed by atoms with Crippen molar-refractivity contribution < 1.29 is 4.79 Å². The van der Waals surface area contributed by atoms with Crippen LogP contribution in [0.25, 0.3) is 5.69 Å². The average molecular weight is 419 g/mol. The largest absolute Gasteiger partial charge is 0.367 e. The van der Waals surface area contributed by atoms with Gasteiger partial charge in [0.15, 0.2) is 0 Å². The molecule has 164 valence electrons. The number of carbonyl (C=O) groups excluding carboxylic acids is 1. The van der Waals surface area contributed by atoms with Gasteiger partial charge in [0.2, 0.25) is 0 Å². The molecule has 1 amide bonds. The van der Waals surface area contributed by atoms with Gasteiger partial charge in [0, 0.05) is 12.1 Å². The SMILES string of the molecule is O=C(NC1C2CC3CC(C2)CC1C3)c1cnn(-c2ccccc2)c1NC1CCCCC1. The van der Waals surface area contributed by atoms with Crippen molar-refractivity contribution in [1.29, 1.82) is 0 Å². The molecule has 5 fully saturated rings. The molecule has 0 saturated heterocycles. The molecule has 2 N–H and O–H groups in total.